The molecule has 1 radical (unpaired) electrons. The largest absolute Gasteiger partial charge is 0.299 e. The van der Waals surface area contributed by atoms with Crippen molar-refractivity contribution in [2.24, 2.45) is 0 Å². The van der Waals surface area contributed by atoms with Crippen LogP contribution in [-0.2, 0) is 21.9 Å². The third-order valence-electron chi connectivity index (χ3n) is 1.85. The van der Waals surface area contributed by atoms with Crippen molar-refractivity contribution in [3.63, 3.8) is 0 Å². The van der Waals surface area contributed by atoms with E-state index in [9.17, 15) is 9.59 Å². The molecule has 0 aliphatic rings. The molecule has 3 heteroatoms. The number of ketones is 2. The van der Waals surface area contributed by atoms with Gasteiger partial charge in [-0.05, 0) is 0 Å². The Kier molecular flexibility index (Phi) is 6.09. The Morgan fingerprint density at radius 3 is 2.21 bits per heavy atom. The number of hydrogen-bond acceptors (Lipinski definition) is 2. The molecule has 1 aromatic carbocycles. The molecule has 0 atom stereocenters. The van der Waals surface area contributed by atoms with Crippen LogP contribution in [0.3, 0.4) is 0 Å². The average molecular weight is 240 g/mol. The van der Waals surface area contributed by atoms with Crippen molar-refractivity contribution in [2.45, 2.75) is 19.8 Å². The Balaban J connectivity index is 0.00000169. The molecule has 0 saturated carbocycles. The van der Waals surface area contributed by atoms with Crippen LogP contribution in [0.1, 0.15) is 30.1 Å². The fourth-order valence-corrected chi connectivity index (χ4v) is 1.03. The molecule has 0 fully saturated rings. The Bertz CT molecular complexity index is 306. The first-order valence-electron chi connectivity index (χ1n) is 4.34. The first-order chi connectivity index (χ1) is 6.24. The minimum Gasteiger partial charge on any atom is -0.299 e. The second-order valence-electron chi connectivity index (χ2n) is 2.86. The number of carbonyl (C=O) groups is 2. The summed E-state index contributed by atoms with van der Waals surface area (Å²) in [6.07, 6.45) is 0.457. The molecule has 0 amide bonds. The maximum atomic E-state index is 11.4. The van der Waals surface area contributed by atoms with Crippen molar-refractivity contribution in [1.82, 2.24) is 0 Å². The van der Waals surface area contributed by atoms with Gasteiger partial charge in [-0.25, -0.2) is 0 Å². The predicted octanol–water partition coefficient (Wildman–Crippen LogP) is 2.24. The summed E-state index contributed by atoms with van der Waals surface area (Å²) in [6.45, 7) is 1.76. The Labute approximate surface area is 94.2 Å². The molecular weight excluding hydrogens is 228 g/mol. The number of benzene rings is 1. The van der Waals surface area contributed by atoms with Gasteiger partial charge in [-0.15, -0.1) is 0 Å². The van der Waals surface area contributed by atoms with Crippen LogP contribution in [0.15, 0.2) is 30.3 Å². The molecule has 1 aromatic rings. The Morgan fingerprint density at radius 2 is 1.71 bits per heavy atom. The predicted molar refractivity (Wildman–Crippen MR) is 50.7 cm³/mol. The van der Waals surface area contributed by atoms with Gasteiger partial charge in [-0.1, -0.05) is 37.3 Å². The number of carbonyl (C=O) groups excluding carboxylic acids is 2. The van der Waals surface area contributed by atoms with Gasteiger partial charge in [0.1, 0.15) is 5.78 Å². The standard InChI is InChI=1S/C11H12O2.Cu/c1-2-10(12)8-11(13)9-6-4-3-5-7-9;/h3-7H,2,8H2,1H3;. The molecule has 0 aliphatic heterocycles. The fraction of sp³-hybridized carbons (Fsp3) is 0.273. The minimum atomic E-state index is -0.0903. The molecule has 79 valence electrons. The van der Waals surface area contributed by atoms with Crippen LogP contribution in [-0.4, -0.2) is 11.6 Å². The normalized spacial score (nSPS) is 8.93. The molecule has 0 aromatic heterocycles. The number of rotatable bonds is 4. The summed E-state index contributed by atoms with van der Waals surface area (Å²) in [5, 5.41) is 0. The van der Waals surface area contributed by atoms with E-state index in [2.05, 4.69) is 0 Å². The first kappa shape index (κ1) is 13.1. The van der Waals surface area contributed by atoms with E-state index < -0.39 is 0 Å². The second kappa shape index (κ2) is 6.52. The average Bonchev–Trinajstić information content (AvgIpc) is 2.19. The number of Topliss-reactive ketones (excluding diaryl/α,β-unsaturated/α-hetero) is 2. The fourth-order valence-electron chi connectivity index (χ4n) is 1.03. The molecule has 14 heavy (non-hydrogen) atoms. The van der Waals surface area contributed by atoms with Crippen LogP contribution in [0.2, 0.25) is 0 Å². The van der Waals surface area contributed by atoms with Gasteiger partial charge in [0, 0.05) is 29.1 Å². The zero-order valence-corrected chi connectivity index (χ0v) is 8.86. The van der Waals surface area contributed by atoms with E-state index in [4.69, 9.17) is 0 Å². The van der Waals surface area contributed by atoms with E-state index in [0.717, 1.165) is 0 Å². The minimum absolute atomic E-state index is 0. The molecule has 0 spiro atoms. The summed E-state index contributed by atoms with van der Waals surface area (Å²) in [5.41, 5.74) is 0.615. The van der Waals surface area contributed by atoms with E-state index in [1.54, 1.807) is 31.2 Å². The zero-order valence-electron chi connectivity index (χ0n) is 7.92. The summed E-state index contributed by atoms with van der Waals surface area (Å²) in [7, 11) is 0. The topological polar surface area (TPSA) is 34.1 Å². The van der Waals surface area contributed by atoms with Gasteiger partial charge in [0.2, 0.25) is 0 Å². The Morgan fingerprint density at radius 1 is 1.14 bits per heavy atom. The van der Waals surface area contributed by atoms with Crippen molar-refractivity contribution in [3.05, 3.63) is 35.9 Å². The summed E-state index contributed by atoms with van der Waals surface area (Å²) in [6, 6.07) is 8.89. The van der Waals surface area contributed by atoms with E-state index >= 15 is 0 Å². The third-order valence-corrected chi connectivity index (χ3v) is 1.85. The SMILES string of the molecule is CCC(=O)CC(=O)c1ccccc1.[Cu]. The van der Waals surface area contributed by atoms with Gasteiger partial charge >= 0.3 is 0 Å². The monoisotopic (exact) mass is 239 g/mol. The molecule has 0 bridgehead atoms. The zero-order chi connectivity index (χ0) is 9.68. The van der Waals surface area contributed by atoms with Crippen LogP contribution in [0.25, 0.3) is 0 Å². The van der Waals surface area contributed by atoms with Crippen LogP contribution >= 0.6 is 0 Å². The van der Waals surface area contributed by atoms with Gasteiger partial charge in [0.15, 0.2) is 5.78 Å². The van der Waals surface area contributed by atoms with E-state index in [-0.39, 0.29) is 35.1 Å². The van der Waals surface area contributed by atoms with Gasteiger partial charge in [-0.2, -0.15) is 0 Å². The summed E-state index contributed by atoms with van der Waals surface area (Å²) in [5.74, 6) is -0.0960. The number of hydrogen-bond donors (Lipinski definition) is 0. The molecule has 0 aliphatic carbocycles. The summed E-state index contributed by atoms with van der Waals surface area (Å²) < 4.78 is 0. The van der Waals surface area contributed by atoms with Crippen LogP contribution < -0.4 is 0 Å². The van der Waals surface area contributed by atoms with Crippen molar-refractivity contribution >= 4 is 11.6 Å². The van der Waals surface area contributed by atoms with Gasteiger partial charge in [0.05, 0.1) is 6.42 Å². The van der Waals surface area contributed by atoms with Gasteiger partial charge in [-0.3, -0.25) is 9.59 Å². The summed E-state index contributed by atoms with van der Waals surface area (Å²) in [4.78, 5) is 22.4. The quantitative estimate of drug-likeness (QED) is 0.459. The van der Waals surface area contributed by atoms with Crippen molar-refractivity contribution in [2.75, 3.05) is 0 Å². The Hall–Kier alpha value is -0.921. The molecule has 0 N–H and O–H groups in total. The van der Waals surface area contributed by atoms with Crippen molar-refractivity contribution < 1.29 is 26.7 Å². The van der Waals surface area contributed by atoms with E-state index in [1.165, 1.54) is 0 Å². The molecule has 2 nitrogen and oxygen atoms in total. The maximum Gasteiger partial charge on any atom is 0.170 e. The van der Waals surface area contributed by atoms with Crippen molar-refractivity contribution in [1.29, 1.82) is 0 Å². The third kappa shape index (κ3) is 3.86. The van der Waals surface area contributed by atoms with Crippen LogP contribution in [0.5, 0.6) is 0 Å². The smallest absolute Gasteiger partial charge is 0.170 e. The van der Waals surface area contributed by atoms with E-state index in [1.807, 2.05) is 6.07 Å². The van der Waals surface area contributed by atoms with Gasteiger partial charge < -0.3 is 0 Å². The van der Waals surface area contributed by atoms with Crippen LogP contribution in [0, 0.1) is 0 Å². The molecule has 0 unspecified atom stereocenters. The first-order valence-corrected chi connectivity index (χ1v) is 4.34. The van der Waals surface area contributed by atoms with Gasteiger partial charge in [0.25, 0.3) is 0 Å². The maximum absolute atomic E-state index is 11.4. The van der Waals surface area contributed by atoms with E-state index in [0.29, 0.717) is 12.0 Å². The van der Waals surface area contributed by atoms with Crippen LogP contribution in [0.4, 0.5) is 0 Å². The van der Waals surface area contributed by atoms with Crippen molar-refractivity contribution in [3.8, 4) is 0 Å². The molecule has 0 saturated heterocycles. The summed E-state index contributed by atoms with van der Waals surface area (Å²) >= 11 is 0. The molecule has 0 heterocycles. The second-order valence-corrected chi connectivity index (χ2v) is 2.86. The molecule has 1 rings (SSSR count). The molecular formula is C11H12CuO2.